The van der Waals surface area contributed by atoms with Crippen molar-refractivity contribution < 1.29 is 31.1 Å². The van der Waals surface area contributed by atoms with Gasteiger partial charge < -0.3 is 4.74 Å². The van der Waals surface area contributed by atoms with Gasteiger partial charge in [-0.05, 0) is 30.5 Å². The summed E-state index contributed by atoms with van der Waals surface area (Å²) in [6, 6.07) is 1.20. The molecule has 0 aliphatic carbocycles. The molecule has 0 spiro atoms. The lowest BCUT2D eigenvalue weighted by Gasteiger charge is -2.19. The molecule has 1 nitrogen and oxygen atoms in total. The van der Waals surface area contributed by atoms with Crippen LogP contribution in [-0.4, -0.2) is 6.61 Å². The molecule has 1 fully saturated rings. The first-order valence-corrected chi connectivity index (χ1v) is 5.91. The van der Waals surface area contributed by atoms with Crippen LogP contribution in [0, 0.1) is 6.42 Å². The van der Waals surface area contributed by atoms with Crippen LogP contribution in [0.15, 0.2) is 12.1 Å². The van der Waals surface area contributed by atoms with Crippen molar-refractivity contribution in [2.75, 3.05) is 6.61 Å². The zero-order valence-electron chi connectivity index (χ0n) is 9.78. The SMILES string of the molecule is FC(F)(F)c1cc(C2[CH]CCO2)cc(C(F)(F)F)c1Cl. The van der Waals surface area contributed by atoms with E-state index >= 15 is 0 Å². The van der Waals surface area contributed by atoms with Crippen molar-refractivity contribution in [3.63, 3.8) is 0 Å². The molecule has 1 saturated heterocycles. The first-order chi connectivity index (χ1) is 9.10. The Labute approximate surface area is 115 Å². The Morgan fingerprint density at radius 1 is 1.00 bits per heavy atom. The fourth-order valence-corrected chi connectivity index (χ4v) is 2.26. The molecule has 2 rings (SSSR count). The van der Waals surface area contributed by atoms with E-state index in [0.717, 1.165) is 0 Å². The van der Waals surface area contributed by atoms with E-state index in [1.54, 1.807) is 0 Å². The first kappa shape index (κ1) is 15.4. The van der Waals surface area contributed by atoms with Crippen molar-refractivity contribution >= 4 is 11.6 Å². The van der Waals surface area contributed by atoms with Crippen molar-refractivity contribution in [3.8, 4) is 0 Å². The smallest absolute Gasteiger partial charge is 0.373 e. The second-order valence-corrected chi connectivity index (χ2v) is 4.62. The van der Waals surface area contributed by atoms with Crippen molar-refractivity contribution in [2.45, 2.75) is 24.9 Å². The van der Waals surface area contributed by atoms with Gasteiger partial charge in [0.15, 0.2) is 0 Å². The van der Waals surface area contributed by atoms with Gasteiger partial charge in [-0.15, -0.1) is 0 Å². The van der Waals surface area contributed by atoms with Crippen LogP contribution in [0.25, 0.3) is 0 Å². The maximum atomic E-state index is 12.8. The zero-order chi connectivity index (χ0) is 15.1. The van der Waals surface area contributed by atoms with Gasteiger partial charge in [0.25, 0.3) is 0 Å². The number of benzene rings is 1. The van der Waals surface area contributed by atoms with Crippen molar-refractivity contribution in [1.29, 1.82) is 0 Å². The van der Waals surface area contributed by atoms with Gasteiger partial charge in [0.05, 0.1) is 22.3 Å². The van der Waals surface area contributed by atoms with E-state index in [4.69, 9.17) is 16.3 Å². The fraction of sp³-hybridized carbons (Fsp3) is 0.417. The Morgan fingerprint density at radius 2 is 1.50 bits per heavy atom. The molecule has 111 valence electrons. The van der Waals surface area contributed by atoms with Crippen molar-refractivity contribution in [2.24, 2.45) is 0 Å². The van der Waals surface area contributed by atoms with E-state index in [0.29, 0.717) is 18.6 Å². The summed E-state index contributed by atoms with van der Waals surface area (Å²) in [6.45, 7) is 0.260. The Balaban J connectivity index is 2.60. The van der Waals surface area contributed by atoms with E-state index in [-0.39, 0.29) is 12.2 Å². The molecular weight excluding hydrogens is 310 g/mol. The summed E-state index contributed by atoms with van der Waals surface area (Å²) < 4.78 is 81.8. The highest BCUT2D eigenvalue weighted by Crippen LogP contribution is 2.44. The molecule has 1 aromatic rings. The lowest BCUT2D eigenvalue weighted by Crippen LogP contribution is -2.14. The van der Waals surface area contributed by atoms with Crippen LogP contribution in [-0.2, 0) is 17.1 Å². The monoisotopic (exact) mass is 317 g/mol. The predicted octanol–water partition coefficient (Wildman–Crippen LogP) is 5.04. The molecule has 0 N–H and O–H groups in total. The Kier molecular flexibility index (Phi) is 3.94. The molecule has 0 aromatic heterocycles. The maximum Gasteiger partial charge on any atom is 0.417 e. The highest BCUT2D eigenvalue weighted by molar-refractivity contribution is 6.32. The number of ether oxygens (including phenoxy) is 1. The highest BCUT2D eigenvalue weighted by atomic mass is 35.5. The van der Waals surface area contributed by atoms with Crippen LogP contribution in [0.1, 0.15) is 29.2 Å². The second-order valence-electron chi connectivity index (χ2n) is 4.24. The molecule has 1 radical (unpaired) electrons. The van der Waals surface area contributed by atoms with Gasteiger partial charge in [-0.3, -0.25) is 0 Å². The van der Waals surface area contributed by atoms with Crippen LogP contribution in [0.3, 0.4) is 0 Å². The van der Waals surface area contributed by atoms with E-state index in [1.807, 2.05) is 0 Å². The largest absolute Gasteiger partial charge is 0.417 e. The predicted molar refractivity (Wildman–Crippen MR) is 59.1 cm³/mol. The van der Waals surface area contributed by atoms with Crippen molar-refractivity contribution in [1.82, 2.24) is 0 Å². The number of halogens is 7. The normalized spacial score (nSPS) is 20.4. The fourth-order valence-electron chi connectivity index (χ4n) is 1.94. The summed E-state index contributed by atoms with van der Waals surface area (Å²) in [4.78, 5) is 0. The molecule has 1 heterocycles. The third-order valence-corrected chi connectivity index (χ3v) is 3.24. The van der Waals surface area contributed by atoms with E-state index in [1.165, 1.54) is 6.42 Å². The van der Waals surface area contributed by atoms with Gasteiger partial charge in [0, 0.05) is 6.61 Å². The first-order valence-electron chi connectivity index (χ1n) is 5.53. The molecule has 0 saturated carbocycles. The van der Waals surface area contributed by atoms with Gasteiger partial charge in [0.1, 0.15) is 0 Å². The minimum Gasteiger partial charge on any atom is -0.373 e. The molecule has 1 unspecified atom stereocenters. The Morgan fingerprint density at radius 3 is 1.85 bits per heavy atom. The lowest BCUT2D eigenvalue weighted by molar-refractivity contribution is -0.143. The van der Waals surface area contributed by atoms with Crippen LogP contribution in [0.5, 0.6) is 0 Å². The number of alkyl halides is 6. The minimum atomic E-state index is -4.97. The molecule has 1 aromatic carbocycles. The Bertz CT molecular complexity index is 467. The summed E-state index contributed by atoms with van der Waals surface area (Å²) in [7, 11) is 0. The van der Waals surface area contributed by atoms with Gasteiger partial charge in [-0.2, -0.15) is 26.3 Å². The number of hydrogen-bond donors (Lipinski definition) is 0. The minimum absolute atomic E-state index is 0.202. The summed E-state index contributed by atoms with van der Waals surface area (Å²) in [6.07, 6.45) is -8.83. The van der Waals surface area contributed by atoms with Gasteiger partial charge >= 0.3 is 12.4 Å². The zero-order valence-corrected chi connectivity index (χ0v) is 10.5. The number of rotatable bonds is 1. The standard InChI is InChI=1S/C12H8ClF6O/c13-10-7(11(14,15)16)4-6(9-2-1-3-20-9)5-8(10)12(17,18)19/h2,4-5,9H,1,3H2. The third-order valence-electron chi connectivity index (χ3n) is 2.83. The van der Waals surface area contributed by atoms with Gasteiger partial charge in [-0.25, -0.2) is 0 Å². The van der Waals surface area contributed by atoms with E-state index in [2.05, 4.69) is 0 Å². The van der Waals surface area contributed by atoms with Crippen LogP contribution >= 0.6 is 11.6 Å². The molecular formula is C12H8ClF6O. The average Bonchev–Trinajstić information content (AvgIpc) is 2.79. The van der Waals surface area contributed by atoms with Crippen molar-refractivity contribution in [3.05, 3.63) is 40.3 Å². The highest BCUT2D eigenvalue weighted by Gasteiger charge is 2.41. The van der Waals surface area contributed by atoms with E-state index in [9.17, 15) is 26.3 Å². The molecule has 0 bridgehead atoms. The molecule has 20 heavy (non-hydrogen) atoms. The molecule has 1 atom stereocenters. The summed E-state index contributed by atoms with van der Waals surface area (Å²) in [5.41, 5.74) is -3.22. The molecule has 1 aliphatic heterocycles. The average molecular weight is 318 g/mol. The lowest BCUT2D eigenvalue weighted by atomic mass is 9.99. The van der Waals surface area contributed by atoms with E-state index < -0.39 is 34.6 Å². The number of hydrogen-bond acceptors (Lipinski definition) is 1. The van der Waals surface area contributed by atoms with Gasteiger partial charge in [-0.1, -0.05) is 11.6 Å². The molecule has 8 heteroatoms. The topological polar surface area (TPSA) is 9.23 Å². The summed E-state index contributed by atoms with van der Waals surface area (Å²) in [5, 5.41) is -1.34. The van der Waals surface area contributed by atoms with Gasteiger partial charge in [0.2, 0.25) is 0 Å². The third kappa shape index (κ3) is 3.03. The Hall–Kier alpha value is -0.950. The van der Waals surface area contributed by atoms with Crippen LogP contribution < -0.4 is 0 Å². The molecule has 1 aliphatic rings. The quantitative estimate of drug-likeness (QED) is 0.659. The maximum absolute atomic E-state index is 12.8. The van der Waals surface area contributed by atoms with Crippen LogP contribution in [0.2, 0.25) is 5.02 Å². The van der Waals surface area contributed by atoms with Crippen LogP contribution in [0.4, 0.5) is 26.3 Å². The summed E-state index contributed by atoms with van der Waals surface area (Å²) >= 11 is 5.27. The molecule has 0 amide bonds. The summed E-state index contributed by atoms with van der Waals surface area (Å²) in [5.74, 6) is 0. The second kappa shape index (κ2) is 5.11.